The van der Waals surface area contributed by atoms with Crippen LogP contribution in [0.25, 0.3) is 0 Å². The third-order valence-corrected chi connectivity index (χ3v) is 3.77. The lowest BCUT2D eigenvalue weighted by molar-refractivity contribution is -0.132. The molecule has 104 valence electrons. The summed E-state index contributed by atoms with van der Waals surface area (Å²) in [6, 6.07) is 10.4. The van der Waals surface area contributed by atoms with Crippen LogP contribution in [0.15, 0.2) is 30.3 Å². The third-order valence-electron chi connectivity index (χ3n) is 3.77. The van der Waals surface area contributed by atoms with Crippen molar-refractivity contribution in [2.75, 3.05) is 19.6 Å². The molecule has 0 radical (unpaired) electrons. The predicted molar refractivity (Wildman–Crippen MR) is 77.8 cm³/mol. The van der Waals surface area contributed by atoms with Crippen LogP contribution in [0.2, 0.25) is 0 Å². The Labute approximate surface area is 115 Å². The minimum absolute atomic E-state index is 0.201. The van der Waals surface area contributed by atoms with Gasteiger partial charge in [0, 0.05) is 19.0 Å². The summed E-state index contributed by atoms with van der Waals surface area (Å²) in [6.45, 7) is 4.43. The first kappa shape index (κ1) is 14.1. The molecule has 0 spiro atoms. The molecule has 2 atom stereocenters. The largest absolute Gasteiger partial charge is 0.342 e. The SMILES string of the molecule is CCCN(CCCN)C(=O)C1CC1c1ccccc1. The lowest BCUT2D eigenvalue weighted by Gasteiger charge is -2.22. The molecule has 2 unspecified atom stereocenters. The predicted octanol–water partition coefficient (Wildman–Crippen LogP) is 2.38. The van der Waals surface area contributed by atoms with Crippen molar-refractivity contribution in [3.05, 3.63) is 35.9 Å². The summed E-state index contributed by atoms with van der Waals surface area (Å²) in [6.07, 6.45) is 2.92. The van der Waals surface area contributed by atoms with Gasteiger partial charge < -0.3 is 10.6 Å². The second-order valence-electron chi connectivity index (χ2n) is 5.33. The van der Waals surface area contributed by atoms with Crippen molar-refractivity contribution in [2.24, 2.45) is 11.7 Å². The molecule has 1 aromatic rings. The Bertz CT molecular complexity index is 404. The van der Waals surface area contributed by atoms with Crippen LogP contribution < -0.4 is 5.73 Å². The molecule has 3 heteroatoms. The molecule has 1 aromatic carbocycles. The monoisotopic (exact) mass is 260 g/mol. The minimum atomic E-state index is 0.201. The fourth-order valence-electron chi connectivity index (χ4n) is 2.66. The van der Waals surface area contributed by atoms with Gasteiger partial charge in [-0.05, 0) is 37.3 Å². The van der Waals surface area contributed by atoms with E-state index in [1.807, 2.05) is 23.1 Å². The second kappa shape index (κ2) is 6.71. The number of benzene rings is 1. The Kier molecular flexibility index (Phi) is 4.97. The molecular formula is C16H24N2O. The number of carbonyl (C=O) groups excluding carboxylic acids is 1. The molecule has 19 heavy (non-hydrogen) atoms. The van der Waals surface area contributed by atoms with Gasteiger partial charge in [0.2, 0.25) is 5.91 Å². The highest BCUT2D eigenvalue weighted by Gasteiger charge is 2.45. The Morgan fingerprint density at radius 3 is 2.68 bits per heavy atom. The van der Waals surface area contributed by atoms with E-state index in [1.165, 1.54) is 5.56 Å². The number of carbonyl (C=O) groups is 1. The van der Waals surface area contributed by atoms with E-state index < -0.39 is 0 Å². The van der Waals surface area contributed by atoms with Crippen LogP contribution in [-0.4, -0.2) is 30.4 Å². The van der Waals surface area contributed by atoms with Crippen LogP contribution in [0.4, 0.5) is 0 Å². The van der Waals surface area contributed by atoms with Crippen LogP contribution in [0, 0.1) is 5.92 Å². The first-order chi connectivity index (χ1) is 9.27. The minimum Gasteiger partial charge on any atom is -0.342 e. The molecule has 0 bridgehead atoms. The van der Waals surface area contributed by atoms with Crippen molar-refractivity contribution in [2.45, 2.75) is 32.1 Å². The van der Waals surface area contributed by atoms with Crippen LogP contribution in [0.1, 0.15) is 37.7 Å². The molecule has 0 aromatic heterocycles. The molecule has 1 saturated carbocycles. The Balaban J connectivity index is 1.93. The fraction of sp³-hybridized carbons (Fsp3) is 0.562. The Morgan fingerprint density at radius 2 is 2.05 bits per heavy atom. The molecule has 1 amide bonds. The van der Waals surface area contributed by atoms with Crippen molar-refractivity contribution in [1.82, 2.24) is 4.90 Å². The lowest BCUT2D eigenvalue weighted by atomic mass is 10.1. The van der Waals surface area contributed by atoms with E-state index in [1.54, 1.807) is 0 Å². The molecule has 0 saturated heterocycles. The number of hydrogen-bond donors (Lipinski definition) is 1. The Hall–Kier alpha value is -1.35. The summed E-state index contributed by atoms with van der Waals surface area (Å²) < 4.78 is 0. The normalized spacial score (nSPS) is 21.2. The molecule has 0 heterocycles. The van der Waals surface area contributed by atoms with E-state index in [4.69, 9.17) is 5.73 Å². The van der Waals surface area contributed by atoms with E-state index in [0.29, 0.717) is 18.4 Å². The maximum atomic E-state index is 12.5. The van der Waals surface area contributed by atoms with E-state index in [-0.39, 0.29) is 5.92 Å². The molecule has 3 nitrogen and oxygen atoms in total. The average Bonchev–Trinajstić information content (AvgIpc) is 3.24. The van der Waals surface area contributed by atoms with Crippen molar-refractivity contribution < 1.29 is 4.79 Å². The maximum absolute atomic E-state index is 12.5. The van der Waals surface area contributed by atoms with E-state index in [0.717, 1.165) is 32.4 Å². The molecule has 2 N–H and O–H groups in total. The molecule has 0 aliphatic heterocycles. The molecule has 1 aliphatic rings. The molecule has 1 aliphatic carbocycles. The van der Waals surface area contributed by atoms with E-state index in [2.05, 4.69) is 19.1 Å². The number of amides is 1. The highest BCUT2D eigenvalue weighted by Crippen LogP contribution is 2.48. The molecule has 1 fully saturated rings. The van der Waals surface area contributed by atoms with Gasteiger partial charge in [-0.15, -0.1) is 0 Å². The topological polar surface area (TPSA) is 46.3 Å². The van der Waals surface area contributed by atoms with E-state index in [9.17, 15) is 4.79 Å². The zero-order valence-corrected chi connectivity index (χ0v) is 11.7. The van der Waals surface area contributed by atoms with Gasteiger partial charge in [-0.3, -0.25) is 4.79 Å². The summed E-state index contributed by atoms with van der Waals surface area (Å²) >= 11 is 0. The summed E-state index contributed by atoms with van der Waals surface area (Å²) in [7, 11) is 0. The molecule has 2 rings (SSSR count). The highest BCUT2D eigenvalue weighted by molar-refractivity contribution is 5.83. The second-order valence-corrected chi connectivity index (χ2v) is 5.33. The van der Waals surface area contributed by atoms with Gasteiger partial charge in [0.25, 0.3) is 0 Å². The lowest BCUT2D eigenvalue weighted by Crippen LogP contribution is -2.35. The first-order valence-electron chi connectivity index (χ1n) is 7.31. The van der Waals surface area contributed by atoms with Gasteiger partial charge in [0.1, 0.15) is 0 Å². The first-order valence-corrected chi connectivity index (χ1v) is 7.31. The van der Waals surface area contributed by atoms with Gasteiger partial charge in [-0.1, -0.05) is 37.3 Å². The Morgan fingerprint density at radius 1 is 1.32 bits per heavy atom. The highest BCUT2D eigenvalue weighted by atomic mass is 16.2. The van der Waals surface area contributed by atoms with Crippen molar-refractivity contribution in [1.29, 1.82) is 0 Å². The van der Waals surface area contributed by atoms with E-state index >= 15 is 0 Å². The van der Waals surface area contributed by atoms with Crippen LogP contribution >= 0.6 is 0 Å². The third kappa shape index (κ3) is 3.57. The maximum Gasteiger partial charge on any atom is 0.226 e. The number of rotatable bonds is 7. The van der Waals surface area contributed by atoms with Crippen LogP contribution in [0.5, 0.6) is 0 Å². The van der Waals surface area contributed by atoms with Crippen LogP contribution in [0.3, 0.4) is 0 Å². The zero-order valence-electron chi connectivity index (χ0n) is 11.7. The summed E-state index contributed by atoms with van der Waals surface area (Å²) in [5.74, 6) is 0.960. The standard InChI is InChI=1S/C16H24N2O/c1-2-10-18(11-6-9-17)16(19)15-12-14(15)13-7-4-3-5-8-13/h3-5,7-8,14-15H,2,6,9-12,17H2,1H3. The number of nitrogens with two attached hydrogens (primary N) is 1. The quantitative estimate of drug-likeness (QED) is 0.818. The van der Waals surface area contributed by atoms with Crippen molar-refractivity contribution >= 4 is 5.91 Å². The zero-order chi connectivity index (χ0) is 13.7. The van der Waals surface area contributed by atoms with Crippen LogP contribution in [-0.2, 0) is 4.79 Å². The van der Waals surface area contributed by atoms with Gasteiger partial charge in [0.05, 0.1) is 0 Å². The average molecular weight is 260 g/mol. The summed E-state index contributed by atoms with van der Waals surface area (Å²) in [4.78, 5) is 14.5. The van der Waals surface area contributed by atoms with Crippen molar-refractivity contribution in [3.63, 3.8) is 0 Å². The smallest absolute Gasteiger partial charge is 0.226 e. The van der Waals surface area contributed by atoms with Gasteiger partial charge in [0.15, 0.2) is 0 Å². The van der Waals surface area contributed by atoms with Gasteiger partial charge in [-0.2, -0.15) is 0 Å². The van der Waals surface area contributed by atoms with Gasteiger partial charge in [-0.25, -0.2) is 0 Å². The molecular weight excluding hydrogens is 236 g/mol. The summed E-state index contributed by atoms with van der Waals surface area (Å²) in [5, 5.41) is 0. The number of nitrogens with zero attached hydrogens (tertiary/aromatic N) is 1. The van der Waals surface area contributed by atoms with Crippen molar-refractivity contribution in [3.8, 4) is 0 Å². The fourth-order valence-corrected chi connectivity index (χ4v) is 2.66. The number of hydrogen-bond acceptors (Lipinski definition) is 2. The van der Waals surface area contributed by atoms with Gasteiger partial charge >= 0.3 is 0 Å². The summed E-state index contributed by atoms with van der Waals surface area (Å²) in [5.41, 5.74) is 6.85.